The van der Waals surface area contributed by atoms with Gasteiger partial charge in [-0.3, -0.25) is 4.79 Å². The van der Waals surface area contributed by atoms with Crippen molar-refractivity contribution in [2.45, 2.75) is 6.92 Å². The number of hydrogen-bond donors (Lipinski definition) is 0. The van der Waals surface area contributed by atoms with E-state index in [2.05, 4.69) is 0 Å². The van der Waals surface area contributed by atoms with Gasteiger partial charge < -0.3 is 23.7 Å². The maximum Gasteiger partial charge on any atom is 0.343 e. The monoisotopic (exact) mass is 446 g/mol. The Morgan fingerprint density at radius 1 is 0.939 bits per heavy atom. The lowest BCUT2D eigenvalue weighted by Crippen LogP contribution is -2.09. The van der Waals surface area contributed by atoms with Gasteiger partial charge in [-0.15, -0.1) is 0 Å². The fourth-order valence-corrected chi connectivity index (χ4v) is 3.37. The zero-order valence-electron chi connectivity index (χ0n) is 18.4. The molecule has 0 unspecified atom stereocenters. The smallest absolute Gasteiger partial charge is 0.343 e. The lowest BCUT2D eigenvalue weighted by Gasteiger charge is -2.10. The van der Waals surface area contributed by atoms with Crippen LogP contribution in [0.2, 0.25) is 0 Å². The second-order valence-corrected chi connectivity index (χ2v) is 7.06. The number of hydrogen-bond acceptors (Lipinski definition) is 7. The number of carbonyl (C=O) groups excluding carboxylic acids is 2. The average molecular weight is 446 g/mol. The van der Waals surface area contributed by atoms with Gasteiger partial charge in [0.2, 0.25) is 5.78 Å². The first-order valence-corrected chi connectivity index (χ1v) is 10.3. The van der Waals surface area contributed by atoms with Crippen molar-refractivity contribution in [1.82, 2.24) is 0 Å². The Balaban J connectivity index is 1.52. The van der Waals surface area contributed by atoms with Gasteiger partial charge in [0.25, 0.3) is 0 Å². The normalized spacial score (nSPS) is 13.3. The molecule has 0 aliphatic carbocycles. The van der Waals surface area contributed by atoms with Crippen LogP contribution in [0.3, 0.4) is 0 Å². The molecule has 1 aliphatic rings. The van der Waals surface area contributed by atoms with E-state index in [1.54, 1.807) is 66.7 Å². The van der Waals surface area contributed by atoms with E-state index in [9.17, 15) is 9.59 Å². The van der Waals surface area contributed by atoms with Gasteiger partial charge in [-0.25, -0.2) is 4.79 Å². The number of esters is 1. The van der Waals surface area contributed by atoms with Gasteiger partial charge in [0, 0.05) is 6.07 Å². The molecule has 0 saturated heterocycles. The molecule has 7 heteroatoms. The summed E-state index contributed by atoms with van der Waals surface area (Å²) < 4.78 is 27.1. The number of allylic oxidation sites excluding steroid dienone is 1. The van der Waals surface area contributed by atoms with Crippen molar-refractivity contribution in [3.8, 4) is 28.7 Å². The molecule has 0 bridgehead atoms. The number of ether oxygens (including phenoxy) is 5. The Morgan fingerprint density at radius 2 is 1.76 bits per heavy atom. The Hall–Kier alpha value is -4.26. The predicted molar refractivity (Wildman–Crippen MR) is 121 cm³/mol. The van der Waals surface area contributed by atoms with Crippen LogP contribution in [0.5, 0.6) is 28.7 Å². The van der Waals surface area contributed by atoms with Gasteiger partial charge in [-0.2, -0.15) is 0 Å². The zero-order valence-corrected chi connectivity index (χ0v) is 18.4. The Labute approximate surface area is 191 Å². The maximum atomic E-state index is 12.7. The highest BCUT2D eigenvalue weighted by Crippen LogP contribution is 2.35. The first kappa shape index (κ1) is 22.0. The van der Waals surface area contributed by atoms with E-state index in [1.807, 2.05) is 6.92 Å². The summed E-state index contributed by atoms with van der Waals surface area (Å²) in [4.78, 5) is 25.3. The minimum atomic E-state index is -0.551. The zero-order chi connectivity index (χ0) is 23.4. The summed E-state index contributed by atoms with van der Waals surface area (Å²) in [5, 5.41) is 0. The molecule has 0 fully saturated rings. The fraction of sp³-hybridized carbons (Fsp3) is 0.154. The number of rotatable bonds is 7. The van der Waals surface area contributed by atoms with Crippen molar-refractivity contribution < 1.29 is 33.3 Å². The summed E-state index contributed by atoms with van der Waals surface area (Å²) in [5.74, 6) is 1.76. The molecule has 0 amide bonds. The standard InChI is InChI=1S/C26H22O7/c1-4-31-18-9-10-20-22(15-18)33-24(25(20)27)13-16-6-5-7-19(12-16)32-26(28)17-8-11-21(29-2)23(14-17)30-3/h5-15H,4H2,1-3H3/b24-13-. The van der Waals surface area contributed by atoms with Crippen LogP contribution in [0.25, 0.3) is 6.08 Å². The van der Waals surface area contributed by atoms with Crippen molar-refractivity contribution in [3.05, 3.63) is 83.1 Å². The highest BCUT2D eigenvalue weighted by molar-refractivity contribution is 6.14. The largest absolute Gasteiger partial charge is 0.494 e. The first-order chi connectivity index (χ1) is 16.0. The second kappa shape index (κ2) is 9.48. The average Bonchev–Trinajstić information content (AvgIpc) is 3.13. The van der Waals surface area contributed by atoms with Gasteiger partial charge in [-0.05, 0) is 61.0 Å². The Bertz CT molecular complexity index is 1240. The topological polar surface area (TPSA) is 80.3 Å². The highest BCUT2D eigenvalue weighted by Gasteiger charge is 2.27. The summed E-state index contributed by atoms with van der Waals surface area (Å²) in [7, 11) is 3.01. The van der Waals surface area contributed by atoms with Crippen LogP contribution in [-0.2, 0) is 0 Å². The molecule has 0 spiro atoms. The van der Waals surface area contributed by atoms with Crippen LogP contribution in [-0.4, -0.2) is 32.6 Å². The molecule has 0 atom stereocenters. The van der Waals surface area contributed by atoms with Gasteiger partial charge in [0.15, 0.2) is 17.3 Å². The third-order valence-electron chi connectivity index (χ3n) is 4.94. The number of methoxy groups -OCH3 is 2. The number of fused-ring (bicyclic) bond motifs is 1. The maximum absolute atomic E-state index is 12.7. The molecule has 3 aromatic carbocycles. The van der Waals surface area contributed by atoms with Gasteiger partial charge in [0.1, 0.15) is 17.2 Å². The van der Waals surface area contributed by atoms with Gasteiger partial charge in [0.05, 0.1) is 32.0 Å². The van der Waals surface area contributed by atoms with Crippen molar-refractivity contribution in [1.29, 1.82) is 0 Å². The van der Waals surface area contributed by atoms with Crippen LogP contribution >= 0.6 is 0 Å². The van der Waals surface area contributed by atoms with Crippen LogP contribution in [0.1, 0.15) is 33.2 Å². The fourth-order valence-electron chi connectivity index (χ4n) is 3.37. The predicted octanol–water partition coefficient (Wildman–Crippen LogP) is 4.94. The van der Waals surface area contributed by atoms with Crippen molar-refractivity contribution in [2.24, 2.45) is 0 Å². The lowest BCUT2D eigenvalue weighted by molar-refractivity contribution is 0.0734. The van der Waals surface area contributed by atoms with Crippen molar-refractivity contribution in [2.75, 3.05) is 20.8 Å². The second-order valence-electron chi connectivity index (χ2n) is 7.06. The van der Waals surface area contributed by atoms with Crippen molar-refractivity contribution >= 4 is 17.8 Å². The number of Topliss-reactive ketones (excluding diaryl/α,β-unsaturated/α-hetero) is 1. The van der Waals surface area contributed by atoms with Crippen LogP contribution < -0.4 is 23.7 Å². The Kier molecular flexibility index (Phi) is 6.31. The summed E-state index contributed by atoms with van der Waals surface area (Å²) in [6, 6.07) is 16.7. The molecular formula is C26H22O7. The van der Waals surface area contributed by atoms with E-state index in [1.165, 1.54) is 14.2 Å². The third kappa shape index (κ3) is 4.67. The molecule has 0 radical (unpaired) electrons. The van der Waals surface area contributed by atoms with Crippen LogP contribution in [0.15, 0.2) is 66.4 Å². The summed E-state index contributed by atoms with van der Waals surface area (Å²) in [5.41, 5.74) is 1.43. The first-order valence-electron chi connectivity index (χ1n) is 10.3. The molecule has 1 aliphatic heterocycles. The number of carbonyl (C=O) groups is 2. The third-order valence-corrected chi connectivity index (χ3v) is 4.94. The molecule has 3 aromatic rings. The van der Waals surface area contributed by atoms with E-state index in [0.717, 1.165) is 0 Å². The van der Waals surface area contributed by atoms with Crippen LogP contribution in [0, 0.1) is 0 Å². The van der Waals surface area contributed by atoms with E-state index in [0.29, 0.717) is 52.0 Å². The summed E-state index contributed by atoms with van der Waals surface area (Å²) in [6.45, 7) is 2.40. The molecule has 4 rings (SSSR count). The molecule has 168 valence electrons. The molecule has 0 N–H and O–H groups in total. The summed E-state index contributed by atoms with van der Waals surface area (Å²) in [6.07, 6.45) is 1.61. The molecule has 0 aromatic heterocycles. The number of benzene rings is 3. The number of ketones is 1. The van der Waals surface area contributed by atoms with E-state index < -0.39 is 5.97 Å². The quantitative estimate of drug-likeness (QED) is 0.289. The van der Waals surface area contributed by atoms with Gasteiger partial charge >= 0.3 is 5.97 Å². The SMILES string of the molecule is CCOc1ccc2c(c1)O/C(=C\c1cccc(OC(=O)c3ccc(OC)c(OC)c3)c1)C2=O. The minimum Gasteiger partial charge on any atom is -0.494 e. The highest BCUT2D eigenvalue weighted by atomic mass is 16.5. The Morgan fingerprint density at radius 3 is 2.52 bits per heavy atom. The molecule has 33 heavy (non-hydrogen) atoms. The van der Waals surface area contributed by atoms with E-state index in [-0.39, 0.29) is 11.5 Å². The molecule has 7 nitrogen and oxygen atoms in total. The molecule has 0 saturated carbocycles. The lowest BCUT2D eigenvalue weighted by atomic mass is 10.1. The van der Waals surface area contributed by atoms with Gasteiger partial charge in [-0.1, -0.05) is 12.1 Å². The van der Waals surface area contributed by atoms with E-state index >= 15 is 0 Å². The molecular weight excluding hydrogens is 424 g/mol. The summed E-state index contributed by atoms with van der Waals surface area (Å²) >= 11 is 0. The molecule has 1 heterocycles. The minimum absolute atomic E-state index is 0.182. The van der Waals surface area contributed by atoms with E-state index in [4.69, 9.17) is 23.7 Å². The van der Waals surface area contributed by atoms with Crippen molar-refractivity contribution in [3.63, 3.8) is 0 Å². The van der Waals surface area contributed by atoms with Crippen LogP contribution in [0.4, 0.5) is 0 Å².